The maximum absolute atomic E-state index is 11.6. The van der Waals surface area contributed by atoms with Crippen LogP contribution in [-0.4, -0.2) is 25.7 Å². The first kappa shape index (κ1) is 14.3. The molecule has 0 spiro atoms. The number of anilines is 2. The Morgan fingerprint density at radius 1 is 1.44 bits per heavy atom. The van der Waals surface area contributed by atoms with Crippen molar-refractivity contribution in [1.29, 1.82) is 0 Å². The molecule has 0 radical (unpaired) electrons. The third-order valence-corrected chi connectivity index (χ3v) is 2.29. The second-order valence-corrected chi connectivity index (χ2v) is 4.17. The lowest BCUT2D eigenvalue weighted by Crippen LogP contribution is -2.15. The van der Waals surface area contributed by atoms with E-state index in [4.69, 9.17) is 15.2 Å². The molecule has 0 atom stereocenters. The Bertz CT molecular complexity index is 405. The quantitative estimate of drug-likeness (QED) is 0.760. The molecule has 1 aromatic rings. The Kier molecular flexibility index (Phi) is 5.45. The van der Waals surface area contributed by atoms with Gasteiger partial charge < -0.3 is 20.5 Å². The minimum absolute atomic E-state index is 0.0970. The summed E-state index contributed by atoms with van der Waals surface area (Å²) in [6.45, 7) is 4.28. The highest BCUT2D eigenvalue weighted by Gasteiger charge is 2.05. The van der Waals surface area contributed by atoms with Crippen LogP contribution < -0.4 is 15.8 Å². The third kappa shape index (κ3) is 4.63. The molecular weight excluding hydrogens is 232 g/mol. The molecule has 0 aromatic heterocycles. The highest BCUT2D eigenvalue weighted by molar-refractivity contribution is 5.91. The summed E-state index contributed by atoms with van der Waals surface area (Å²) in [5.74, 6) is 0.497. The zero-order chi connectivity index (χ0) is 13.5. The first-order valence-electron chi connectivity index (χ1n) is 5.88. The SMILES string of the molecule is COc1ccc(NC(=O)CCOC(C)C)cc1N. The summed E-state index contributed by atoms with van der Waals surface area (Å²) in [6.07, 6.45) is 0.457. The van der Waals surface area contributed by atoms with Crippen molar-refractivity contribution in [1.82, 2.24) is 0 Å². The zero-order valence-corrected chi connectivity index (χ0v) is 11.0. The first-order valence-corrected chi connectivity index (χ1v) is 5.88. The van der Waals surface area contributed by atoms with E-state index in [1.807, 2.05) is 13.8 Å². The van der Waals surface area contributed by atoms with Gasteiger partial charge in [-0.2, -0.15) is 0 Å². The number of methoxy groups -OCH3 is 1. The predicted molar refractivity (Wildman–Crippen MR) is 71.7 cm³/mol. The number of nitrogen functional groups attached to an aromatic ring is 1. The van der Waals surface area contributed by atoms with Crippen molar-refractivity contribution in [3.63, 3.8) is 0 Å². The molecule has 0 bridgehead atoms. The zero-order valence-electron chi connectivity index (χ0n) is 11.0. The van der Waals surface area contributed by atoms with E-state index in [9.17, 15) is 4.79 Å². The number of carbonyl (C=O) groups excluding carboxylic acids is 1. The van der Waals surface area contributed by atoms with Crippen LogP contribution in [0.15, 0.2) is 18.2 Å². The fourth-order valence-corrected chi connectivity index (χ4v) is 1.42. The second-order valence-electron chi connectivity index (χ2n) is 4.17. The summed E-state index contributed by atoms with van der Waals surface area (Å²) in [5, 5.41) is 2.75. The summed E-state index contributed by atoms with van der Waals surface area (Å²) < 4.78 is 10.3. The molecule has 0 saturated carbocycles. The minimum Gasteiger partial charge on any atom is -0.495 e. The number of carbonyl (C=O) groups is 1. The number of rotatable bonds is 6. The number of ether oxygens (including phenoxy) is 2. The van der Waals surface area contributed by atoms with Crippen LogP contribution in [0.25, 0.3) is 0 Å². The van der Waals surface area contributed by atoms with Gasteiger partial charge in [0.1, 0.15) is 5.75 Å². The Balaban J connectivity index is 2.47. The lowest BCUT2D eigenvalue weighted by atomic mass is 10.2. The fraction of sp³-hybridized carbons (Fsp3) is 0.462. The molecule has 0 fully saturated rings. The van der Waals surface area contributed by atoms with Crippen LogP contribution in [0.3, 0.4) is 0 Å². The van der Waals surface area contributed by atoms with Crippen molar-refractivity contribution in [3.8, 4) is 5.75 Å². The summed E-state index contributed by atoms with van der Waals surface area (Å²) >= 11 is 0. The topological polar surface area (TPSA) is 73.6 Å². The normalized spacial score (nSPS) is 10.4. The van der Waals surface area contributed by atoms with Crippen molar-refractivity contribution in [2.75, 3.05) is 24.8 Å². The molecule has 1 rings (SSSR count). The van der Waals surface area contributed by atoms with Crippen LogP contribution in [0.5, 0.6) is 5.75 Å². The van der Waals surface area contributed by atoms with Gasteiger partial charge in [-0.3, -0.25) is 4.79 Å². The molecule has 5 nitrogen and oxygen atoms in total. The van der Waals surface area contributed by atoms with Crippen LogP contribution in [0.1, 0.15) is 20.3 Å². The number of hydrogen-bond acceptors (Lipinski definition) is 4. The maximum atomic E-state index is 11.6. The van der Waals surface area contributed by atoms with Crippen molar-refractivity contribution in [2.45, 2.75) is 26.4 Å². The number of benzene rings is 1. The maximum Gasteiger partial charge on any atom is 0.226 e. The van der Waals surface area contributed by atoms with E-state index >= 15 is 0 Å². The molecule has 5 heteroatoms. The largest absolute Gasteiger partial charge is 0.495 e. The standard InChI is InChI=1S/C13H20N2O3/c1-9(2)18-7-6-13(16)15-10-4-5-12(17-3)11(14)8-10/h4-5,8-9H,6-7,14H2,1-3H3,(H,15,16). The third-order valence-electron chi connectivity index (χ3n) is 2.29. The highest BCUT2D eigenvalue weighted by Crippen LogP contribution is 2.24. The summed E-state index contributed by atoms with van der Waals surface area (Å²) in [5.41, 5.74) is 6.90. The molecule has 100 valence electrons. The first-order chi connectivity index (χ1) is 8.52. The Morgan fingerprint density at radius 2 is 2.17 bits per heavy atom. The van der Waals surface area contributed by atoms with E-state index in [2.05, 4.69) is 5.32 Å². The van der Waals surface area contributed by atoms with Gasteiger partial charge in [0.15, 0.2) is 0 Å². The van der Waals surface area contributed by atoms with Gasteiger partial charge in [-0.15, -0.1) is 0 Å². The van der Waals surface area contributed by atoms with E-state index in [0.717, 1.165) is 0 Å². The molecule has 1 amide bonds. The molecule has 18 heavy (non-hydrogen) atoms. The summed E-state index contributed by atoms with van der Waals surface area (Å²) in [4.78, 5) is 11.6. The van der Waals surface area contributed by atoms with Crippen molar-refractivity contribution < 1.29 is 14.3 Å². The summed E-state index contributed by atoms with van der Waals surface area (Å²) in [7, 11) is 1.55. The average molecular weight is 252 g/mol. The monoisotopic (exact) mass is 252 g/mol. The van der Waals surface area contributed by atoms with Crippen molar-refractivity contribution in [3.05, 3.63) is 18.2 Å². The van der Waals surface area contributed by atoms with Gasteiger partial charge in [-0.05, 0) is 32.0 Å². The number of nitrogens with two attached hydrogens (primary N) is 1. The lowest BCUT2D eigenvalue weighted by molar-refractivity contribution is -0.117. The highest BCUT2D eigenvalue weighted by atomic mass is 16.5. The van der Waals surface area contributed by atoms with E-state index in [-0.39, 0.29) is 12.0 Å². The van der Waals surface area contributed by atoms with Gasteiger partial charge in [0, 0.05) is 5.69 Å². The van der Waals surface area contributed by atoms with Crippen LogP contribution in [0.4, 0.5) is 11.4 Å². The number of nitrogens with one attached hydrogen (secondary N) is 1. The summed E-state index contributed by atoms with van der Waals surface area (Å²) in [6, 6.07) is 5.13. The smallest absolute Gasteiger partial charge is 0.226 e. The molecular formula is C13H20N2O3. The lowest BCUT2D eigenvalue weighted by Gasteiger charge is -2.10. The Labute approximate surface area is 107 Å². The van der Waals surface area contributed by atoms with Crippen molar-refractivity contribution >= 4 is 17.3 Å². The Morgan fingerprint density at radius 3 is 2.72 bits per heavy atom. The van der Waals surface area contributed by atoms with Crippen molar-refractivity contribution in [2.24, 2.45) is 0 Å². The van der Waals surface area contributed by atoms with Gasteiger partial charge in [0.2, 0.25) is 5.91 Å². The molecule has 0 saturated heterocycles. The van der Waals surface area contributed by atoms with Gasteiger partial charge in [0.25, 0.3) is 0 Å². The fourth-order valence-electron chi connectivity index (χ4n) is 1.42. The van der Waals surface area contributed by atoms with Gasteiger partial charge in [0.05, 0.1) is 31.9 Å². The molecule has 0 aliphatic rings. The predicted octanol–water partition coefficient (Wildman–Crippen LogP) is 2.03. The van der Waals surface area contributed by atoms with Gasteiger partial charge >= 0.3 is 0 Å². The molecule has 0 aliphatic heterocycles. The van der Waals surface area contributed by atoms with Crippen LogP contribution in [-0.2, 0) is 9.53 Å². The molecule has 0 unspecified atom stereocenters. The van der Waals surface area contributed by atoms with E-state index in [1.165, 1.54) is 0 Å². The van der Waals surface area contributed by atoms with E-state index in [0.29, 0.717) is 30.2 Å². The number of amides is 1. The molecule has 1 aromatic carbocycles. The second kappa shape index (κ2) is 6.86. The Hall–Kier alpha value is -1.75. The minimum atomic E-state index is -0.0970. The van der Waals surface area contributed by atoms with E-state index < -0.39 is 0 Å². The molecule has 3 N–H and O–H groups in total. The van der Waals surface area contributed by atoms with Crippen LogP contribution in [0.2, 0.25) is 0 Å². The number of hydrogen-bond donors (Lipinski definition) is 2. The molecule has 0 aliphatic carbocycles. The average Bonchev–Trinajstić information content (AvgIpc) is 2.28. The van der Waals surface area contributed by atoms with E-state index in [1.54, 1.807) is 25.3 Å². The van der Waals surface area contributed by atoms with Gasteiger partial charge in [-0.1, -0.05) is 0 Å². The van der Waals surface area contributed by atoms with Gasteiger partial charge in [-0.25, -0.2) is 0 Å². The van der Waals surface area contributed by atoms with Crippen LogP contribution >= 0.6 is 0 Å². The van der Waals surface area contributed by atoms with Crippen LogP contribution in [0, 0.1) is 0 Å². The molecule has 0 heterocycles.